The lowest BCUT2D eigenvalue weighted by atomic mass is 10.2. The predicted molar refractivity (Wildman–Crippen MR) is 58.0 cm³/mol. The van der Waals surface area contributed by atoms with E-state index in [0.29, 0.717) is 5.69 Å². The van der Waals surface area contributed by atoms with E-state index in [9.17, 15) is 10.1 Å². The van der Waals surface area contributed by atoms with Gasteiger partial charge < -0.3 is 10.3 Å². The molecule has 2 aromatic rings. The Labute approximate surface area is 90.7 Å². The van der Waals surface area contributed by atoms with Crippen molar-refractivity contribution >= 4 is 11.5 Å². The molecule has 0 saturated heterocycles. The van der Waals surface area contributed by atoms with E-state index in [-0.39, 0.29) is 17.2 Å². The van der Waals surface area contributed by atoms with Gasteiger partial charge in [-0.3, -0.25) is 10.1 Å². The van der Waals surface area contributed by atoms with Crippen molar-refractivity contribution in [2.24, 2.45) is 0 Å². The third-order valence-electron chi connectivity index (χ3n) is 2.09. The van der Waals surface area contributed by atoms with Crippen LogP contribution in [0.4, 0.5) is 11.5 Å². The molecular weight excluding hydrogens is 210 g/mol. The Morgan fingerprint density at radius 2 is 2.31 bits per heavy atom. The summed E-state index contributed by atoms with van der Waals surface area (Å²) >= 11 is 0. The quantitative estimate of drug-likeness (QED) is 0.601. The van der Waals surface area contributed by atoms with Crippen LogP contribution in [0, 0.1) is 10.1 Å². The minimum Gasteiger partial charge on any atom is -0.367 e. The molecule has 2 heterocycles. The summed E-state index contributed by atoms with van der Waals surface area (Å²) in [6.45, 7) is 0. The first-order valence-corrected chi connectivity index (χ1v) is 4.55. The minimum absolute atomic E-state index is 0.132. The zero-order valence-corrected chi connectivity index (χ0v) is 8.47. The molecule has 0 saturated carbocycles. The van der Waals surface area contributed by atoms with Gasteiger partial charge in [0, 0.05) is 13.2 Å². The monoisotopic (exact) mass is 219 g/mol. The van der Waals surface area contributed by atoms with Gasteiger partial charge in [0.15, 0.2) is 5.69 Å². The van der Waals surface area contributed by atoms with Gasteiger partial charge >= 0.3 is 5.69 Å². The first-order valence-electron chi connectivity index (χ1n) is 4.55. The molecule has 7 nitrogen and oxygen atoms in total. The maximum atomic E-state index is 11.0. The van der Waals surface area contributed by atoms with E-state index >= 15 is 0 Å². The van der Waals surface area contributed by atoms with Gasteiger partial charge in [-0.15, -0.1) is 0 Å². The minimum atomic E-state index is -0.498. The molecule has 0 radical (unpaired) electrons. The number of aromatic nitrogens is 3. The van der Waals surface area contributed by atoms with Crippen LogP contribution >= 0.6 is 0 Å². The van der Waals surface area contributed by atoms with Gasteiger partial charge in [-0.2, -0.15) is 0 Å². The van der Waals surface area contributed by atoms with Gasteiger partial charge in [-0.25, -0.2) is 9.97 Å². The van der Waals surface area contributed by atoms with Crippen molar-refractivity contribution in [2.45, 2.75) is 0 Å². The van der Waals surface area contributed by atoms with Crippen molar-refractivity contribution < 1.29 is 4.92 Å². The van der Waals surface area contributed by atoms with Crippen LogP contribution in [-0.2, 0) is 0 Å². The van der Waals surface area contributed by atoms with E-state index < -0.39 is 4.92 Å². The summed E-state index contributed by atoms with van der Waals surface area (Å²) in [5.74, 6) is 0.199. The van der Waals surface area contributed by atoms with Crippen LogP contribution < -0.4 is 5.32 Å². The van der Waals surface area contributed by atoms with Gasteiger partial charge in [-0.05, 0) is 12.1 Å². The van der Waals surface area contributed by atoms with E-state index in [1.54, 1.807) is 25.4 Å². The molecule has 2 N–H and O–H groups in total. The largest absolute Gasteiger partial charge is 0.367 e. The van der Waals surface area contributed by atoms with Gasteiger partial charge in [-0.1, -0.05) is 0 Å². The van der Waals surface area contributed by atoms with Crippen LogP contribution in [0.3, 0.4) is 0 Å². The smallest absolute Gasteiger partial charge is 0.338 e. The molecule has 0 fully saturated rings. The summed E-state index contributed by atoms with van der Waals surface area (Å²) in [4.78, 5) is 21.1. The molecule has 2 aromatic heterocycles. The van der Waals surface area contributed by atoms with Crippen LogP contribution in [-0.4, -0.2) is 26.9 Å². The molecule has 0 aliphatic carbocycles. The Bertz CT molecular complexity index is 509. The van der Waals surface area contributed by atoms with Crippen molar-refractivity contribution in [2.75, 3.05) is 12.4 Å². The lowest BCUT2D eigenvalue weighted by Gasteiger charge is -2.03. The van der Waals surface area contributed by atoms with Crippen LogP contribution in [0.2, 0.25) is 0 Å². The molecule has 0 unspecified atom stereocenters. The van der Waals surface area contributed by atoms with E-state index in [2.05, 4.69) is 20.3 Å². The fraction of sp³-hybridized carbons (Fsp3) is 0.111. The maximum absolute atomic E-state index is 11.0. The Kier molecular flexibility index (Phi) is 2.50. The highest BCUT2D eigenvalue weighted by Gasteiger charge is 2.23. The summed E-state index contributed by atoms with van der Waals surface area (Å²) in [5, 5.41) is 13.6. The van der Waals surface area contributed by atoms with Gasteiger partial charge in [0.05, 0.1) is 10.6 Å². The Morgan fingerprint density at radius 3 is 2.88 bits per heavy atom. The first kappa shape index (κ1) is 10.1. The van der Waals surface area contributed by atoms with Crippen molar-refractivity contribution in [1.82, 2.24) is 15.0 Å². The number of anilines is 1. The molecule has 7 heteroatoms. The Balaban J connectivity index is 2.65. The zero-order valence-electron chi connectivity index (χ0n) is 8.47. The standard InChI is InChI=1S/C9H9N5O2/c1-10-9-8(14(15)16)7(12-5-13-9)6-3-2-4-11-6/h2-5,11H,1H3,(H,10,12,13). The molecule has 16 heavy (non-hydrogen) atoms. The predicted octanol–water partition coefficient (Wildman–Crippen LogP) is 1.42. The molecule has 0 spiro atoms. The molecule has 0 amide bonds. The average Bonchev–Trinajstić information content (AvgIpc) is 2.81. The molecule has 0 aliphatic rings. The number of rotatable bonds is 3. The molecule has 0 aromatic carbocycles. The molecular formula is C9H9N5O2. The lowest BCUT2D eigenvalue weighted by molar-refractivity contribution is -0.383. The topological polar surface area (TPSA) is 96.7 Å². The zero-order chi connectivity index (χ0) is 11.5. The van der Waals surface area contributed by atoms with Crippen molar-refractivity contribution in [1.29, 1.82) is 0 Å². The van der Waals surface area contributed by atoms with Crippen molar-refractivity contribution in [3.05, 3.63) is 34.8 Å². The lowest BCUT2D eigenvalue weighted by Crippen LogP contribution is -2.03. The summed E-state index contributed by atoms with van der Waals surface area (Å²) < 4.78 is 0. The highest BCUT2D eigenvalue weighted by atomic mass is 16.6. The van der Waals surface area contributed by atoms with Crippen LogP contribution in [0.15, 0.2) is 24.7 Å². The molecule has 82 valence electrons. The number of H-pyrrole nitrogens is 1. The second-order valence-electron chi connectivity index (χ2n) is 3.01. The number of hydrogen-bond donors (Lipinski definition) is 2. The maximum Gasteiger partial charge on any atom is 0.338 e. The summed E-state index contributed by atoms with van der Waals surface area (Å²) in [6.07, 6.45) is 2.97. The van der Waals surface area contributed by atoms with Crippen LogP contribution in [0.5, 0.6) is 0 Å². The summed E-state index contributed by atoms with van der Waals surface area (Å²) in [7, 11) is 1.58. The highest BCUT2D eigenvalue weighted by Crippen LogP contribution is 2.31. The molecule has 2 rings (SSSR count). The number of nitrogens with one attached hydrogen (secondary N) is 2. The Hall–Kier alpha value is -2.44. The molecule has 0 aliphatic heterocycles. The number of nitrogens with zero attached hydrogens (tertiary/aromatic N) is 3. The fourth-order valence-corrected chi connectivity index (χ4v) is 1.41. The van der Waals surface area contributed by atoms with Crippen molar-refractivity contribution in [3.63, 3.8) is 0 Å². The number of hydrogen-bond acceptors (Lipinski definition) is 5. The average molecular weight is 219 g/mol. The van der Waals surface area contributed by atoms with E-state index in [0.717, 1.165) is 0 Å². The van der Waals surface area contributed by atoms with E-state index in [4.69, 9.17) is 0 Å². The van der Waals surface area contributed by atoms with Gasteiger partial charge in [0.25, 0.3) is 0 Å². The SMILES string of the molecule is CNc1ncnc(-c2ccc[nH]2)c1[N+](=O)[O-]. The third kappa shape index (κ3) is 1.58. The molecule has 0 bridgehead atoms. The third-order valence-corrected chi connectivity index (χ3v) is 2.09. The van der Waals surface area contributed by atoms with Crippen LogP contribution in [0.25, 0.3) is 11.4 Å². The summed E-state index contributed by atoms with van der Waals surface area (Å²) in [5.41, 5.74) is 0.729. The number of aromatic amines is 1. The van der Waals surface area contributed by atoms with E-state index in [1.807, 2.05) is 0 Å². The van der Waals surface area contributed by atoms with Gasteiger partial charge in [0.2, 0.25) is 5.82 Å². The first-order chi connectivity index (χ1) is 7.74. The van der Waals surface area contributed by atoms with Gasteiger partial charge in [0.1, 0.15) is 6.33 Å². The van der Waals surface area contributed by atoms with E-state index in [1.165, 1.54) is 6.33 Å². The van der Waals surface area contributed by atoms with Crippen molar-refractivity contribution in [3.8, 4) is 11.4 Å². The highest BCUT2D eigenvalue weighted by molar-refractivity contribution is 5.74. The molecule has 0 atom stereocenters. The fourth-order valence-electron chi connectivity index (χ4n) is 1.41. The summed E-state index contributed by atoms with van der Waals surface area (Å²) in [6, 6.07) is 3.47. The number of nitro groups is 1. The normalized spacial score (nSPS) is 10.1. The Morgan fingerprint density at radius 1 is 1.50 bits per heavy atom. The van der Waals surface area contributed by atoms with Crippen LogP contribution in [0.1, 0.15) is 0 Å². The second-order valence-corrected chi connectivity index (χ2v) is 3.01. The second kappa shape index (κ2) is 3.97.